The summed E-state index contributed by atoms with van der Waals surface area (Å²) in [5.41, 5.74) is 7.13. The number of carbonyl (C=O) groups is 1. The monoisotopic (exact) mass is 417 g/mol. The van der Waals surface area contributed by atoms with Gasteiger partial charge in [-0.3, -0.25) is 4.79 Å². The lowest BCUT2D eigenvalue weighted by Gasteiger charge is -2.36. The fourth-order valence-electron chi connectivity index (χ4n) is 3.95. The zero-order chi connectivity index (χ0) is 21.6. The van der Waals surface area contributed by atoms with Crippen LogP contribution in [0.1, 0.15) is 30.7 Å². The SMILES string of the molecule is C=CC(=O)NC1CC(CNc2ncnc(N)c2C2C=CC(Oc3ccccc3)=CC2)C1. The van der Waals surface area contributed by atoms with E-state index in [0.29, 0.717) is 11.7 Å². The van der Waals surface area contributed by atoms with Gasteiger partial charge >= 0.3 is 0 Å². The van der Waals surface area contributed by atoms with Crippen molar-refractivity contribution in [1.82, 2.24) is 15.3 Å². The summed E-state index contributed by atoms with van der Waals surface area (Å²) in [6.07, 6.45) is 11.5. The quantitative estimate of drug-likeness (QED) is 0.568. The lowest BCUT2D eigenvalue weighted by atomic mass is 9.80. The molecule has 0 bridgehead atoms. The van der Waals surface area contributed by atoms with Crippen molar-refractivity contribution in [2.24, 2.45) is 5.92 Å². The van der Waals surface area contributed by atoms with E-state index in [-0.39, 0.29) is 17.9 Å². The Morgan fingerprint density at radius 3 is 2.77 bits per heavy atom. The van der Waals surface area contributed by atoms with E-state index in [1.54, 1.807) is 0 Å². The number of nitrogens with zero attached hydrogens (tertiary/aromatic N) is 2. The van der Waals surface area contributed by atoms with Crippen LogP contribution < -0.4 is 21.1 Å². The molecule has 0 radical (unpaired) electrons. The molecular weight excluding hydrogens is 390 g/mol. The predicted molar refractivity (Wildman–Crippen MR) is 121 cm³/mol. The summed E-state index contributed by atoms with van der Waals surface area (Å²) in [4.78, 5) is 20.0. The summed E-state index contributed by atoms with van der Waals surface area (Å²) in [5.74, 6) is 3.31. The lowest BCUT2D eigenvalue weighted by molar-refractivity contribution is -0.117. The van der Waals surface area contributed by atoms with Crippen LogP contribution in [0.5, 0.6) is 5.75 Å². The average Bonchev–Trinajstić information content (AvgIpc) is 2.76. The van der Waals surface area contributed by atoms with E-state index >= 15 is 0 Å². The molecule has 2 aliphatic rings. The Kier molecular flexibility index (Phi) is 6.31. The average molecular weight is 418 g/mol. The highest BCUT2D eigenvalue weighted by molar-refractivity contribution is 5.87. The second-order valence-corrected chi connectivity index (χ2v) is 7.87. The molecule has 2 aromatic rings. The molecule has 1 unspecified atom stereocenters. The third kappa shape index (κ3) is 5.12. The number of rotatable bonds is 8. The van der Waals surface area contributed by atoms with Crippen LogP contribution in [0, 0.1) is 5.92 Å². The first-order valence-electron chi connectivity index (χ1n) is 10.5. The minimum Gasteiger partial charge on any atom is -0.458 e. The van der Waals surface area contributed by atoms with Crippen molar-refractivity contribution in [2.45, 2.75) is 31.2 Å². The minimum atomic E-state index is -0.116. The molecule has 4 N–H and O–H groups in total. The number of allylic oxidation sites excluding steroid dienone is 3. The smallest absolute Gasteiger partial charge is 0.243 e. The molecule has 160 valence electrons. The van der Waals surface area contributed by atoms with Gasteiger partial charge in [0.1, 0.15) is 29.5 Å². The Labute approximate surface area is 182 Å². The molecule has 7 nitrogen and oxygen atoms in total. The molecule has 1 saturated carbocycles. The summed E-state index contributed by atoms with van der Waals surface area (Å²) in [6.45, 7) is 4.26. The number of carbonyl (C=O) groups excluding carboxylic acids is 1. The number of nitrogens with one attached hydrogen (secondary N) is 2. The van der Waals surface area contributed by atoms with E-state index in [0.717, 1.165) is 48.7 Å². The van der Waals surface area contributed by atoms with Crippen molar-refractivity contribution in [1.29, 1.82) is 0 Å². The molecule has 1 amide bonds. The van der Waals surface area contributed by atoms with Crippen LogP contribution >= 0.6 is 0 Å². The molecule has 0 aliphatic heterocycles. The van der Waals surface area contributed by atoms with E-state index in [1.807, 2.05) is 36.4 Å². The molecule has 1 heterocycles. The highest BCUT2D eigenvalue weighted by Gasteiger charge is 2.30. The maximum Gasteiger partial charge on any atom is 0.243 e. The van der Waals surface area contributed by atoms with Gasteiger partial charge in [0.05, 0.1) is 0 Å². The number of nitrogens with two attached hydrogens (primary N) is 1. The van der Waals surface area contributed by atoms with Crippen molar-refractivity contribution in [3.05, 3.63) is 78.9 Å². The minimum absolute atomic E-state index is 0.0767. The molecule has 1 aromatic carbocycles. The van der Waals surface area contributed by atoms with Crippen molar-refractivity contribution in [3.8, 4) is 5.75 Å². The lowest BCUT2D eigenvalue weighted by Crippen LogP contribution is -2.45. The third-order valence-corrected chi connectivity index (χ3v) is 5.66. The van der Waals surface area contributed by atoms with Crippen molar-refractivity contribution in [3.63, 3.8) is 0 Å². The Bertz CT molecular complexity index is 996. The molecule has 2 aliphatic carbocycles. The van der Waals surface area contributed by atoms with Gasteiger partial charge in [-0.05, 0) is 55.5 Å². The normalized spacial score (nSPS) is 22.1. The number of hydrogen-bond donors (Lipinski definition) is 3. The number of ether oxygens (including phenoxy) is 1. The van der Waals surface area contributed by atoms with Gasteiger partial charge in [0.15, 0.2) is 0 Å². The zero-order valence-electron chi connectivity index (χ0n) is 17.3. The first-order chi connectivity index (χ1) is 15.1. The van der Waals surface area contributed by atoms with Crippen LogP contribution in [0.2, 0.25) is 0 Å². The van der Waals surface area contributed by atoms with Gasteiger partial charge in [0.25, 0.3) is 0 Å². The molecule has 0 spiro atoms. The first kappa shape index (κ1) is 20.7. The van der Waals surface area contributed by atoms with Gasteiger partial charge in [-0.25, -0.2) is 9.97 Å². The number of para-hydroxylation sites is 1. The number of amides is 1. The van der Waals surface area contributed by atoms with E-state index in [9.17, 15) is 4.79 Å². The van der Waals surface area contributed by atoms with Gasteiger partial charge in [0.2, 0.25) is 5.91 Å². The van der Waals surface area contributed by atoms with Crippen molar-refractivity contribution >= 4 is 17.5 Å². The second-order valence-electron chi connectivity index (χ2n) is 7.87. The van der Waals surface area contributed by atoms with Gasteiger partial charge in [-0.2, -0.15) is 0 Å². The van der Waals surface area contributed by atoms with Crippen LogP contribution in [0.3, 0.4) is 0 Å². The number of hydrogen-bond acceptors (Lipinski definition) is 6. The van der Waals surface area contributed by atoms with E-state index in [4.69, 9.17) is 10.5 Å². The largest absolute Gasteiger partial charge is 0.458 e. The summed E-state index contributed by atoms with van der Waals surface area (Å²) < 4.78 is 5.91. The van der Waals surface area contributed by atoms with Crippen molar-refractivity contribution < 1.29 is 9.53 Å². The van der Waals surface area contributed by atoms with Crippen LogP contribution in [-0.2, 0) is 4.79 Å². The molecular formula is C24H27N5O2. The Morgan fingerprint density at radius 2 is 2.06 bits per heavy atom. The van der Waals surface area contributed by atoms with Crippen LogP contribution in [-0.4, -0.2) is 28.5 Å². The van der Waals surface area contributed by atoms with Gasteiger partial charge in [0, 0.05) is 24.1 Å². The summed E-state index contributed by atoms with van der Waals surface area (Å²) in [6, 6.07) is 9.94. The highest BCUT2D eigenvalue weighted by atomic mass is 16.5. The Morgan fingerprint density at radius 1 is 1.26 bits per heavy atom. The van der Waals surface area contributed by atoms with E-state index in [1.165, 1.54) is 12.4 Å². The van der Waals surface area contributed by atoms with Gasteiger partial charge in [-0.15, -0.1) is 0 Å². The summed E-state index contributed by atoms with van der Waals surface area (Å²) in [7, 11) is 0. The van der Waals surface area contributed by atoms with Gasteiger partial charge < -0.3 is 21.1 Å². The highest BCUT2D eigenvalue weighted by Crippen LogP contribution is 2.35. The van der Waals surface area contributed by atoms with Crippen LogP contribution in [0.15, 0.2) is 73.3 Å². The maximum atomic E-state index is 11.4. The Hall–Kier alpha value is -3.61. The number of anilines is 2. The fourth-order valence-corrected chi connectivity index (χ4v) is 3.95. The number of benzene rings is 1. The van der Waals surface area contributed by atoms with E-state index in [2.05, 4.69) is 39.3 Å². The topological polar surface area (TPSA) is 102 Å². The molecule has 1 fully saturated rings. The number of nitrogen functional groups attached to an aromatic ring is 1. The molecule has 7 heteroatoms. The molecule has 0 saturated heterocycles. The zero-order valence-corrected chi connectivity index (χ0v) is 17.3. The maximum absolute atomic E-state index is 11.4. The molecule has 1 aromatic heterocycles. The van der Waals surface area contributed by atoms with Crippen molar-refractivity contribution in [2.75, 3.05) is 17.6 Å². The third-order valence-electron chi connectivity index (χ3n) is 5.66. The molecule has 4 rings (SSSR count). The molecule has 31 heavy (non-hydrogen) atoms. The summed E-state index contributed by atoms with van der Waals surface area (Å²) >= 11 is 0. The number of aromatic nitrogens is 2. The fraction of sp³-hybridized carbons (Fsp3) is 0.292. The predicted octanol–water partition coefficient (Wildman–Crippen LogP) is 3.56. The molecule has 1 atom stereocenters. The van der Waals surface area contributed by atoms with Gasteiger partial charge in [-0.1, -0.05) is 30.9 Å². The van der Waals surface area contributed by atoms with Crippen LogP contribution in [0.4, 0.5) is 11.6 Å². The standard InChI is InChI=1S/C24H27N5O2/c1-2-21(30)29-18-12-16(13-18)14-26-24-22(23(25)27-15-28-24)17-8-10-20(11-9-17)31-19-6-4-3-5-7-19/h2-8,10-11,15-18H,1,9,12-14H2,(H,29,30)(H3,25,26,27,28). The second kappa shape index (κ2) is 9.47. The Balaban J connectivity index is 1.35. The summed E-state index contributed by atoms with van der Waals surface area (Å²) in [5, 5.41) is 6.37. The van der Waals surface area contributed by atoms with Crippen LogP contribution in [0.25, 0.3) is 0 Å². The first-order valence-corrected chi connectivity index (χ1v) is 10.5. The van der Waals surface area contributed by atoms with E-state index < -0.39 is 0 Å².